The van der Waals surface area contributed by atoms with Gasteiger partial charge in [-0.3, -0.25) is 4.21 Å². The number of unbranched alkanes of at least 4 members (excludes halogenated alkanes) is 1. The Morgan fingerprint density at radius 3 is 2.84 bits per heavy atom. The lowest BCUT2D eigenvalue weighted by molar-refractivity contribution is 0.478. The minimum Gasteiger partial charge on any atom is -0.378 e. The van der Waals surface area contributed by atoms with E-state index in [0.717, 1.165) is 17.1 Å². The van der Waals surface area contributed by atoms with Gasteiger partial charge in [0.05, 0.1) is 10.8 Å². The molecule has 3 heteroatoms. The molecule has 1 aromatic carbocycles. The number of hydrogen-bond donors (Lipinski definition) is 0. The van der Waals surface area contributed by atoms with Crippen LogP contribution in [0.1, 0.15) is 38.2 Å². The first-order valence-electron chi connectivity index (χ1n) is 7.30. The van der Waals surface area contributed by atoms with E-state index in [1.54, 1.807) is 0 Å². The molecule has 2 atom stereocenters. The summed E-state index contributed by atoms with van der Waals surface area (Å²) in [5, 5.41) is 0. The van der Waals surface area contributed by atoms with Crippen LogP contribution in [0.25, 0.3) is 0 Å². The van der Waals surface area contributed by atoms with Gasteiger partial charge in [0.1, 0.15) is 0 Å². The first-order valence-corrected chi connectivity index (χ1v) is 8.62. The fourth-order valence-electron chi connectivity index (χ4n) is 2.73. The van der Waals surface area contributed by atoms with Gasteiger partial charge in [0.25, 0.3) is 0 Å². The summed E-state index contributed by atoms with van der Waals surface area (Å²) < 4.78 is 12.5. The van der Waals surface area contributed by atoms with E-state index in [2.05, 4.69) is 44.1 Å². The summed E-state index contributed by atoms with van der Waals surface area (Å²) in [5.74, 6) is 1.49. The zero-order valence-electron chi connectivity index (χ0n) is 12.3. The zero-order chi connectivity index (χ0) is 13.8. The Bertz CT molecular complexity index is 456. The molecule has 19 heavy (non-hydrogen) atoms. The van der Waals surface area contributed by atoms with Crippen molar-refractivity contribution in [1.82, 2.24) is 0 Å². The lowest BCUT2D eigenvalue weighted by atomic mass is 9.96. The number of hydrogen-bond acceptors (Lipinski definition) is 2. The molecule has 1 heterocycles. The van der Waals surface area contributed by atoms with E-state index in [0.29, 0.717) is 5.92 Å². The van der Waals surface area contributed by atoms with Gasteiger partial charge in [0.2, 0.25) is 0 Å². The Kier molecular flexibility index (Phi) is 5.03. The van der Waals surface area contributed by atoms with Crippen molar-refractivity contribution in [2.24, 2.45) is 5.92 Å². The van der Waals surface area contributed by atoms with Gasteiger partial charge in [0, 0.05) is 30.4 Å². The average molecular weight is 279 g/mol. The number of benzene rings is 1. The van der Waals surface area contributed by atoms with Gasteiger partial charge in [-0.15, -0.1) is 0 Å². The molecule has 0 aliphatic carbocycles. The third-order valence-electron chi connectivity index (χ3n) is 3.98. The highest BCUT2D eigenvalue weighted by Gasteiger charge is 2.21. The molecule has 1 aliphatic rings. The Labute approximate surface area is 119 Å². The van der Waals surface area contributed by atoms with Gasteiger partial charge in [-0.05, 0) is 48.9 Å². The van der Waals surface area contributed by atoms with Gasteiger partial charge in [0.15, 0.2) is 0 Å². The molecule has 1 aliphatic heterocycles. The van der Waals surface area contributed by atoms with Crippen LogP contribution in [0.5, 0.6) is 0 Å². The second-order valence-electron chi connectivity index (χ2n) is 5.75. The van der Waals surface area contributed by atoms with E-state index in [-0.39, 0.29) is 0 Å². The molecule has 0 aromatic heterocycles. The molecule has 0 radical (unpaired) electrons. The van der Waals surface area contributed by atoms with Crippen molar-refractivity contribution in [2.45, 2.75) is 43.9 Å². The maximum absolute atomic E-state index is 12.5. The first-order chi connectivity index (χ1) is 9.11. The predicted molar refractivity (Wildman–Crippen MR) is 83.4 cm³/mol. The predicted octanol–water partition coefficient (Wildman–Crippen LogP) is 3.61. The minimum atomic E-state index is -0.806. The van der Waals surface area contributed by atoms with Gasteiger partial charge < -0.3 is 4.90 Å². The third kappa shape index (κ3) is 3.59. The summed E-state index contributed by atoms with van der Waals surface area (Å²) in [7, 11) is 3.30. The normalized spacial score (nSPS) is 22.7. The molecule has 0 saturated carbocycles. The van der Waals surface area contributed by atoms with Crippen LogP contribution in [0.4, 0.5) is 5.69 Å². The number of rotatable bonds is 4. The summed E-state index contributed by atoms with van der Waals surface area (Å²) in [4.78, 5) is 3.19. The van der Waals surface area contributed by atoms with Crippen LogP contribution in [-0.2, 0) is 17.2 Å². The number of nitrogens with zero attached hydrogens (tertiary/aromatic N) is 1. The summed E-state index contributed by atoms with van der Waals surface area (Å²) in [6.45, 7) is 2.23. The topological polar surface area (TPSA) is 20.3 Å². The fraction of sp³-hybridized carbons (Fsp3) is 0.625. The van der Waals surface area contributed by atoms with Crippen LogP contribution in [0.2, 0.25) is 0 Å². The minimum absolute atomic E-state index is 0.635. The SMILES string of the molecule is CCCCC1CCc2cc(N(C)C)ccc2S(=O)C1. The smallest absolute Gasteiger partial charge is 0.0535 e. The quantitative estimate of drug-likeness (QED) is 0.839. The molecular weight excluding hydrogens is 254 g/mol. The van der Waals surface area contributed by atoms with Crippen molar-refractivity contribution in [1.29, 1.82) is 0 Å². The van der Waals surface area contributed by atoms with E-state index >= 15 is 0 Å². The van der Waals surface area contributed by atoms with Crippen LogP contribution in [0.15, 0.2) is 23.1 Å². The fourth-order valence-corrected chi connectivity index (χ4v) is 4.34. The van der Waals surface area contributed by atoms with Crippen molar-refractivity contribution in [3.05, 3.63) is 23.8 Å². The van der Waals surface area contributed by atoms with Crippen LogP contribution in [-0.4, -0.2) is 24.1 Å². The van der Waals surface area contributed by atoms with Crippen LogP contribution in [0, 0.1) is 5.92 Å². The summed E-state index contributed by atoms with van der Waals surface area (Å²) in [6.07, 6.45) is 6.01. The van der Waals surface area contributed by atoms with Crippen molar-refractivity contribution in [2.75, 3.05) is 24.7 Å². The molecule has 2 unspecified atom stereocenters. The summed E-state index contributed by atoms with van der Waals surface area (Å²) >= 11 is 0. The number of aryl methyl sites for hydroxylation is 1. The molecule has 0 N–H and O–H groups in total. The number of anilines is 1. The maximum atomic E-state index is 12.5. The second kappa shape index (κ2) is 6.56. The van der Waals surface area contributed by atoms with Gasteiger partial charge in [-0.25, -0.2) is 0 Å². The van der Waals surface area contributed by atoms with Crippen molar-refractivity contribution in [3.8, 4) is 0 Å². The van der Waals surface area contributed by atoms with Gasteiger partial charge in [-0.2, -0.15) is 0 Å². The molecule has 0 saturated heterocycles. The van der Waals surface area contributed by atoms with Crippen molar-refractivity contribution < 1.29 is 4.21 Å². The average Bonchev–Trinajstić information content (AvgIpc) is 2.55. The van der Waals surface area contributed by atoms with Gasteiger partial charge >= 0.3 is 0 Å². The van der Waals surface area contributed by atoms with Crippen LogP contribution >= 0.6 is 0 Å². The molecule has 0 bridgehead atoms. The van der Waals surface area contributed by atoms with E-state index in [9.17, 15) is 4.21 Å². The lowest BCUT2D eigenvalue weighted by Crippen LogP contribution is -2.10. The van der Waals surface area contributed by atoms with Crippen LogP contribution < -0.4 is 4.90 Å². The number of fused-ring (bicyclic) bond motifs is 1. The molecular formula is C16H25NOS. The highest BCUT2D eigenvalue weighted by atomic mass is 32.2. The Morgan fingerprint density at radius 2 is 2.16 bits per heavy atom. The first kappa shape index (κ1) is 14.6. The summed E-state index contributed by atoms with van der Waals surface area (Å²) in [5.41, 5.74) is 2.51. The third-order valence-corrected chi connectivity index (χ3v) is 5.64. The molecule has 0 spiro atoms. The molecule has 106 valence electrons. The highest BCUT2D eigenvalue weighted by molar-refractivity contribution is 7.85. The van der Waals surface area contributed by atoms with Gasteiger partial charge in [-0.1, -0.05) is 19.8 Å². The van der Waals surface area contributed by atoms with E-state index in [1.165, 1.54) is 36.9 Å². The van der Waals surface area contributed by atoms with Crippen molar-refractivity contribution in [3.63, 3.8) is 0 Å². The van der Waals surface area contributed by atoms with Crippen LogP contribution in [0.3, 0.4) is 0 Å². The molecule has 0 fully saturated rings. The summed E-state index contributed by atoms with van der Waals surface area (Å²) in [6, 6.07) is 6.38. The largest absolute Gasteiger partial charge is 0.378 e. The molecule has 2 rings (SSSR count). The van der Waals surface area contributed by atoms with E-state index < -0.39 is 10.8 Å². The Morgan fingerprint density at radius 1 is 1.37 bits per heavy atom. The molecule has 2 nitrogen and oxygen atoms in total. The monoisotopic (exact) mass is 279 g/mol. The highest BCUT2D eigenvalue weighted by Crippen LogP contribution is 2.29. The van der Waals surface area contributed by atoms with Crippen molar-refractivity contribution >= 4 is 16.5 Å². The molecule has 0 amide bonds. The zero-order valence-corrected chi connectivity index (χ0v) is 13.1. The maximum Gasteiger partial charge on any atom is 0.0535 e. The molecule has 1 aromatic rings. The lowest BCUT2D eigenvalue weighted by Gasteiger charge is -2.15. The second-order valence-corrected chi connectivity index (χ2v) is 7.21. The Hall–Kier alpha value is -0.830. The Balaban J connectivity index is 2.18. The van der Waals surface area contributed by atoms with E-state index in [1.807, 2.05) is 0 Å². The standard InChI is InChI=1S/C16H25NOS/c1-4-5-6-13-7-8-14-11-15(17(2)3)9-10-16(14)19(18)12-13/h9-11,13H,4-8,12H2,1-3H3. The van der Waals surface area contributed by atoms with E-state index in [4.69, 9.17) is 0 Å².